The Balaban J connectivity index is 1.84. The highest BCUT2D eigenvalue weighted by Gasteiger charge is 2.30. The van der Waals surface area contributed by atoms with Crippen molar-refractivity contribution >= 4 is 23.6 Å². The summed E-state index contributed by atoms with van der Waals surface area (Å²) in [5, 5.41) is 2.98. The molecule has 1 atom stereocenters. The predicted molar refractivity (Wildman–Crippen MR) is 143 cm³/mol. The molecule has 0 heterocycles. The monoisotopic (exact) mass is 508 g/mol. The molecular weight excluding hydrogens is 475 g/mol. The van der Waals surface area contributed by atoms with E-state index in [4.69, 9.17) is 4.74 Å². The lowest BCUT2D eigenvalue weighted by molar-refractivity contribution is -0.139. The Hall–Kier alpha value is -3.32. The fraction of sp³-hybridized carbons (Fsp3) is 0.310. The second-order valence-corrected chi connectivity index (χ2v) is 9.47. The van der Waals surface area contributed by atoms with Crippen LogP contribution in [0.4, 0.5) is 4.39 Å². The highest BCUT2D eigenvalue weighted by atomic mass is 32.2. The molecule has 0 bridgehead atoms. The zero-order valence-corrected chi connectivity index (χ0v) is 21.6. The zero-order valence-electron chi connectivity index (χ0n) is 20.8. The number of amides is 2. The lowest BCUT2D eigenvalue weighted by Crippen LogP contribution is -2.51. The van der Waals surface area contributed by atoms with Crippen LogP contribution in [0.3, 0.4) is 0 Å². The molecular formula is C29H33FN2O3S. The summed E-state index contributed by atoms with van der Waals surface area (Å²) in [5.41, 5.74) is 2.80. The van der Waals surface area contributed by atoms with Crippen LogP contribution in [0.5, 0.6) is 5.75 Å². The number of nitrogens with zero attached hydrogens (tertiary/aromatic N) is 1. The summed E-state index contributed by atoms with van der Waals surface area (Å²) in [4.78, 5) is 28.6. The van der Waals surface area contributed by atoms with Gasteiger partial charge in [-0.15, -0.1) is 11.8 Å². The number of rotatable bonds is 13. The van der Waals surface area contributed by atoms with Crippen LogP contribution < -0.4 is 10.1 Å². The van der Waals surface area contributed by atoms with E-state index in [2.05, 4.69) is 5.32 Å². The van der Waals surface area contributed by atoms with Crippen LogP contribution in [0.15, 0.2) is 78.9 Å². The highest BCUT2D eigenvalue weighted by molar-refractivity contribution is 7.99. The van der Waals surface area contributed by atoms with Gasteiger partial charge in [0.25, 0.3) is 0 Å². The van der Waals surface area contributed by atoms with E-state index in [-0.39, 0.29) is 29.9 Å². The van der Waals surface area contributed by atoms with Crippen LogP contribution in [0.25, 0.3) is 0 Å². The van der Waals surface area contributed by atoms with Crippen LogP contribution in [0.1, 0.15) is 30.0 Å². The number of benzene rings is 3. The number of hydrogen-bond donors (Lipinski definition) is 1. The summed E-state index contributed by atoms with van der Waals surface area (Å²) in [7, 11) is 1.60. The van der Waals surface area contributed by atoms with Crippen molar-refractivity contribution in [3.8, 4) is 5.75 Å². The van der Waals surface area contributed by atoms with Gasteiger partial charge in [-0.25, -0.2) is 4.39 Å². The Morgan fingerprint density at radius 3 is 2.39 bits per heavy atom. The van der Waals surface area contributed by atoms with Crippen LogP contribution in [-0.2, 0) is 28.3 Å². The maximum absolute atomic E-state index is 13.6. The normalized spacial score (nSPS) is 11.5. The molecule has 7 heteroatoms. The average Bonchev–Trinajstić information content (AvgIpc) is 2.91. The largest absolute Gasteiger partial charge is 0.497 e. The molecule has 1 unspecified atom stereocenters. The minimum absolute atomic E-state index is 0.127. The quantitative estimate of drug-likeness (QED) is 0.343. The van der Waals surface area contributed by atoms with Gasteiger partial charge in [0.15, 0.2) is 0 Å². The van der Waals surface area contributed by atoms with E-state index in [1.165, 1.54) is 23.9 Å². The minimum Gasteiger partial charge on any atom is -0.497 e. The molecule has 3 rings (SSSR count). The Kier molecular flexibility index (Phi) is 10.8. The second-order valence-electron chi connectivity index (χ2n) is 8.49. The number of nitrogens with one attached hydrogen (secondary N) is 1. The number of carbonyl (C=O) groups is 2. The van der Waals surface area contributed by atoms with Crippen molar-refractivity contribution in [1.82, 2.24) is 10.2 Å². The molecule has 0 radical (unpaired) electrons. The molecule has 0 saturated heterocycles. The van der Waals surface area contributed by atoms with Crippen molar-refractivity contribution in [1.29, 1.82) is 0 Å². The zero-order chi connectivity index (χ0) is 25.8. The molecule has 1 N–H and O–H groups in total. The number of hydrogen-bond acceptors (Lipinski definition) is 4. The fourth-order valence-electron chi connectivity index (χ4n) is 3.81. The first-order chi connectivity index (χ1) is 17.5. The van der Waals surface area contributed by atoms with Gasteiger partial charge in [0, 0.05) is 25.3 Å². The molecule has 0 aliphatic heterocycles. The molecule has 3 aromatic carbocycles. The Bertz CT molecular complexity index is 1110. The smallest absolute Gasteiger partial charge is 0.243 e. The topological polar surface area (TPSA) is 58.6 Å². The summed E-state index contributed by atoms with van der Waals surface area (Å²) >= 11 is 1.45. The Morgan fingerprint density at radius 1 is 0.972 bits per heavy atom. The second kappa shape index (κ2) is 14.3. The molecule has 0 fully saturated rings. The van der Waals surface area contributed by atoms with E-state index in [1.807, 2.05) is 61.5 Å². The van der Waals surface area contributed by atoms with Gasteiger partial charge in [0.1, 0.15) is 17.6 Å². The SMILES string of the molecule is CCCNC(=O)C(Cc1ccccc1)N(Cc1cccc(OC)c1)C(=O)CSCc1ccc(F)cc1. The van der Waals surface area contributed by atoms with Crippen molar-refractivity contribution < 1.29 is 18.7 Å². The van der Waals surface area contributed by atoms with E-state index in [0.717, 1.165) is 23.1 Å². The molecule has 36 heavy (non-hydrogen) atoms. The maximum Gasteiger partial charge on any atom is 0.243 e. The van der Waals surface area contributed by atoms with Gasteiger partial charge in [0.05, 0.1) is 12.9 Å². The number of halogens is 1. The Morgan fingerprint density at radius 2 is 1.69 bits per heavy atom. The average molecular weight is 509 g/mol. The van der Waals surface area contributed by atoms with E-state index < -0.39 is 6.04 Å². The van der Waals surface area contributed by atoms with E-state index >= 15 is 0 Å². The van der Waals surface area contributed by atoms with Crippen LogP contribution >= 0.6 is 11.8 Å². The van der Waals surface area contributed by atoms with Crippen molar-refractivity contribution in [2.24, 2.45) is 0 Å². The number of methoxy groups -OCH3 is 1. The summed E-state index contributed by atoms with van der Waals surface area (Å²) in [6.07, 6.45) is 1.22. The van der Waals surface area contributed by atoms with Gasteiger partial charge in [-0.05, 0) is 47.4 Å². The standard InChI is InChI=1S/C29H33FN2O3S/c1-3-16-31-29(34)27(18-22-8-5-4-6-9-22)32(19-24-10-7-11-26(17-24)35-2)28(33)21-36-20-23-12-14-25(30)15-13-23/h4-15,17,27H,3,16,18-21H2,1-2H3,(H,31,34). The summed E-state index contributed by atoms with van der Waals surface area (Å²) in [5.74, 6) is 0.891. The van der Waals surface area contributed by atoms with E-state index in [1.54, 1.807) is 24.1 Å². The van der Waals surface area contributed by atoms with Crippen molar-refractivity contribution in [2.45, 2.75) is 38.1 Å². The Labute approximate surface area is 217 Å². The third-order valence-corrected chi connectivity index (χ3v) is 6.70. The fourth-order valence-corrected chi connectivity index (χ4v) is 4.68. The van der Waals surface area contributed by atoms with Crippen LogP contribution in [0.2, 0.25) is 0 Å². The van der Waals surface area contributed by atoms with Gasteiger partial charge in [0.2, 0.25) is 11.8 Å². The van der Waals surface area contributed by atoms with Gasteiger partial charge in [-0.3, -0.25) is 9.59 Å². The molecule has 2 amide bonds. The van der Waals surface area contributed by atoms with Gasteiger partial charge < -0.3 is 15.0 Å². The third kappa shape index (κ3) is 8.41. The molecule has 0 aliphatic carbocycles. The molecule has 190 valence electrons. The molecule has 0 aromatic heterocycles. The summed E-state index contributed by atoms with van der Waals surface area (Å²) < 4.78 is 18.6. The van der Waals surface area contributed by atoms with Gasteiger partial charge in [-0.2, -0.15) is 0 Å². The van der Waals surface area contributed by atoms with E-state index in [0.29, 0.717) is 24.5 Å². The van der Waals surface area contributed by atoms with Crippen molar-refractivity contribution in [3.63, 3.8) is 0 Å². The van der Waals surface area contributed by atoms with E-state index in [9.17, 15) is 14.0 Å². The first kappa shape index (κ1) is 27.3. The third-order valence-electron chi connectivity index (χ3n) is 5.71. The first-order valence-electron chi connectivity index (χ1n) is 12.1. The highest BCUT2D eigenvalue weighted by Crippen LogP contribution is 2.20. The van der Waals surface area contributed by atoms with Crippen molar-refractivity contribution in [2.75, 3.05) is 19.4 Å². The maximum atomic E-state index is 13.6. The van der Waals surface area contributed by atoms with Gasteiger partial charge >= 0.3 is 0 Å². The van der Waals surface area contributed by atoms with Gasteiger partial charge in [-0.1, -0.05) is 61.5 Å². The molecule has 5 nitrogen and oxygen atoms in total. The van der Waals surface area contributed by atoms with Crippen molar-refractivity contribution in [3.05, 3.63) is 101 Å². The summed E-state index contributed by atoms with van der Waals surface area (Å²) in [6.45, 7) is 2.83. The number of carbonyl (C=O) groups excluding carboxylic acids is 2. The lowest BCUT2D eigenvalue weighted by Gasteiger charge is -2.31. The molecule has 0 spiro atoms. The molecule has 0 saturated carbocycles. The molecule has 3 aromatic rings. The first-order valence-corrected chi connectivity index (χ1v) is 13.2. The number of thioether (sulfide) groups is 1. The lowest BCUT2D eigenvalue weighted by atomic mass is 10.0. The summed E-state index contributed by atoms with van der Waals surface area (Å²) in [6, 6.07) is 22.9. The van der Waals surface area contributed by atoms with Crippen LogP contribution in [-0.4, -0.2) is 42.2 Å². The van der Waals surface area contributed by atoms with Crippen LogP contribution in [0, 0.1) is 5.82 Å². The molecule has 0 aliphatic rings. The minimum atomic E-state index is -0.663. The predicted octanol–water partition coefficient (Wildman–Crippen LogP) is 5.23. The number of ether oxygens (including phenoxy) is 1.